The van der Waals surface area contributed by atoms with E-state index in [9.17, 15) is 0 Å². The van der Waals surface area contributed by atoms with E-state index in [4.69, 9.17) is 4.52 Å². The van der Waals surface area contributed by atoms with Crippen molar-refractivity contribution >= 4 is 11.8 Å². The maximum absolute atomic E-state index is 5.22. The van der Waals surface area contributed by atoms with Crippen molar-refractivity contribution in [3.8, 4) is 0 Å². The minimum Gasteiger partial charge on any atom is -0.361 e. The molecule has 2 heterocycles. The third kappa shape index (κ3) is 3.47. The average Bonchev–Trinajstić information content (AvgIpc) is 3.10. The third-order valence-corrected chi connectivity index (χ3v) is 4.83. The van der Waals surface area contributed by atoms with Gasteiger partial charge in [-0.2, -0.15) is 0 Å². The molecule has 0 amide bonds. The highest BCUT2D eigenvalue weighted by Crippen LogP contribution is 2.26. The van der Waals surface area contributed by atoms with E-state index in [1.807, 2.05) is 19.9 Å². The maximum atomic E-state index is 5.22. The van der Waals surface area contributed by atoms with E-state index in [2.05, 4.69) is 51.1 Å². The van der Waals surface area contributed by atoms with Crippen molar-refractivity contribution in [1.82, 2.24) is 19.9 Å². The fourth-order valence-electron chi connectivity index (χ4n) is 2.50. The number of aryl methyl sites for hydroxylation is 2. The first-order valence-corrected chi connectivity index (χ1v) is 8.68. The normalized spacial score (nSPS) is 11.1. The van der Waals surface area contributed by atoms with Crippen molar-refractivity contribution in [2.75, 3.05) is 0 Å². The second-order valence-electron chi connectivity index (χ2n) is 5.40. The van der Waals surface area contributed by atoms with Crippen molar-refractivity contribution in [2.24, 2.45) is 0 Å². The Morgan fingerprint density at radius 2 is 1.91 bits per heavy atom. The molecule has 0 aliphatic rings. The lowest BCUT2D eigenvalue weighted by Crippen LogP contribution is -2.04. The molecule has 0 saturated carbocycles. The van der Waals surface area contributed by atoms with Crippen LogP contribution in [0.3, 0.4) is 0 Å². The summed E-state index contributed by atoms with van der Waals surface area (Å²) in [5, 5.41) is 13.7. The number of benzene rings is 1. The van der Waals surface area contributed by atoms with Gasteiger partial charge in [-0.25, -0.2) is 0 Å². The molecule has 0 unspecified atom stereocenters. The number of hydrogen-bond acceptors (Lipinski definition) is 5. The summed E-state index contributed by atoms with van der Waals surface area (Å²) in [6.07, 6.45) is 0.799. The molecule has 5 nitrogen and oxygen atoms in total. The van der Waals surface area contributed by atoms with Crippen LogP contribution in [0, 0.1) is 13.8 Å². The van der Waals surface area contributed by atoms with E-state index < -0.39 is 0 Å². The van der Waals surface area contributed by atoms with Gasteiger partial charge in [-0.1, -0.05) is 47.3 Å². The van der Waals surface area contributed by atoms with Crippen LogP contribution in [-0.2, 0) is 18.7 Å². The van der Waals surface area contributed by atoms with Gasteiger partial charge < -0.3 is 9.09 Å². The lowest BCUT2D eigenvalue weighted by Gasteiger charge is -2.07. The van der Waals surface area contributed by atoms with Crippen LogP contribution >= 0.6 is 11.8 Å². The van der Waals surface area contributed by atoms with Gasteiger partial charge in [0.1, 0.15) is 11.6 Å². The summed E-state index contributed by atoms with van der Waals surface area (Å²) in [4.78, 5) is 0. The summed E-state index contributed by atoms with van der Waals surface area (Å²) < 4.78 is 7.39. The van der Waals surface area contributed by atoms with Crippen molar-refractivity contribution < 1.29 is 4.52 Å². The molecule has 0 fully saturated rings. The van der Waals surface area contributed by atoms with Crippen LogP contribution in [0.25, 0.3) is 0 Å². The molecule has 0 aliphatic carbocycles. The fraction of sp³-hybridized carbons (Fsp3) is 0.353. The molecule has 0 bridgehead atoms. The molecular weight excluding hydrogens is 308 g/mol. The predicted octanol–water partition coefficient (Wildman–Crippen LogP) is 3.79. The lowest BCUT2D eigenvalue weighted by molar-refractivity contribution is 0.392. The van der Waals surface area contributed by atoms with Gasteiger partial charge in [-0.05, 0) is 26.3 Å². The number of aromatic nitrogens is 4. The number of hydrogen-bond donors (Lipinski definition) is 0. The zero-order valence-corrected chi connectivity index (χ0v) is 14.4. The van der Waals surface area contributed by atoms with Crippen LogP contribution in [0.2, 0.25) is 0 Å². The molecule has 0 aliphatic heterocycles. The summed E-state index contributed by atoms with van der Waals surface area (Å²) >= 11 is 1.68. The molecule has 0 N–H and O–H groups in total. The minimum atomic E-state index is 0.796. The van der Waals surface area contributed by atoms with Crippen molar-refractivity contribution in [3.63, 3.8) is 0 Å². The average molecular weight is 328 g/mol. The largest absolute Gasteiger partial charge is 0.361 e. The fourth-order valence-corrected chi connectivity index (χ4v) is 3.67. The van der Waals surface area contributed by atoms with Crippen molar-refractivity contribution in [2.45, 2.75) is 44.6 Å². The van der Waals surface area contributed by atoms with E-state index in [1.165, 1.54) is 5.56 Å². The van der Waals surface area contributed by atoms with E-state index in [0.717, 1.165) is 46.7 Å². The number of nitrogens with zero attached hydrogens (tertiary/aromatic N) is 4. The first-order chi connectivity index (χ1) is 11.2. The van der Waals surface area contributed by atoms with Gasteiger partial charge in [0.05, 0.1) is 5.69 Å². The van der Waals surface area contributed by atoms with E-state index in [0.29, 0.717) is 0 Å². The third-order valence-electron chi connectivity index (χ3n) is 3.84. The first-order valence-electron chi connectivity index (χ1n) is 7.69. The van der Waals surface area contributed by atoms with Crippen molar-refractivity contribution in [1.29, 1.82) is 0 Å². The molecule has 0 radical (unpaired) electrons. The van der Waals surface area contributed by atoms with Crippen molar-refractivity contribution in [3.05, 3.63) is 58.7 Å². The summed E-state index contributed by atoms with van der Waals surface area (Å²) in [7, 11) is 0. The number of rotatable bonds is 6. The van der Waals surface area contributed by atoms with Crippen LogP contribution in [0.4, 0.5) is 0 Å². The smallest absolute Gasteiger partial charge is 0.191 e. The predicted molar refractivity (Wildman–Crippen MR) is 90.5 cm³/mol. The Morgan fingerprint density at radius 1 is 1.13 bits per heavy atom. The first kappa shape index (κ1) is 15.8. The van der Waals surface area contributed by atoms with Crippen LogP contribution in [0.15, 0.2) is 40.0 Å². The van der Waals surface area contributed by atoms with Crippen LogP contribution in [-0.4, -0.2) is 19.9 Å². The molecule has 6 heteroatoms. The summed E-state index contributed by atoms with van der Waals surface area (Å²) in [6, 6.07) is 10.4. The quantitative estimate of drug-likeness (QED) is 0.644. The van der Waals surface area contributed by atoms with E-state index in [-0.39, 0.29) is 0 Å². The second kappa shape index (κ2) is 7.00. The zero-order chi connectivity index (χ0) is 16.2. The molecule has 0 atom stereocenters. The van der Waals surface area contributed by atoms with Crippen LogP contribution < -0.4 is 0 Å². The molecule has 3 rings (SSSR count). The summed E-state index contributed by atoms with van der Waals surface area (Å²) in [5.41, 5.74) is 3.34. The highest BCUT2D eigenvalue weighted by molar-refractivity contribution is 7.98. The van der Waals surface area contributed by atoms with Gasteiger partial charge in [-0.3, -0.25) is 0 Å². The highest BCUT2D eigenvalue weighted by Gasteiger charge is 2.15. The van der Waals surface area contributed by atoms with Gasteiger partial charge in [-0.15, -0.1) is 10.2 Å². The van der Waals surface area contributed by atoms with Gasteiger partial charge in [0.15, 0.2) is 5.16 Å². The molecule has 1 aromatic carbocycles. The Morgan fingerprint density at radius 3 is 2.57 bits per heavy atom. The SMILES string of the molecule is CCn1c(Cc2ccccc2)nnc1SCc1c(C)noc1C. The second-order valence-corrected chi connectivity index (χ2v) is 6.34. The Kier molecular flexibility index (Phi) is 4.81. The number of thioether (sulfide) groups is 1. The van der Waals surface area contributed by atoms with Crippen LogP contribution in [0.1, 0.15) is 35.3 Å². The summed E-state index contributed by atoms with van der Waals surface area (Å²) in [5.74, 6) is 2.67. The standard InChI is InChI=1S/C17H20N4OS/c1-4-21-16(10-14-8-6-5-7-9-14)18-19-17(21)23-11-15-12(2)20-22-13(15)3/h5-9H,4,10-11H2,1-3H3. The summed E-state index contributed by atoms with van der Waals surface area (Å²) in [6.45, 7) is 6.90. The highest BCUT2D eigenvalue weighted by atomic mass is 32.2. The van der Waals surface area contributed by atoms with Crippen LogP contribution in [0.5, 0.6) is 0 Å². The topological polar surface area (TPSA) is 56.7 Å². The molecule has 23 heavy (non-hydrogen) atoms. The molecule has 0 saturated heterocycles. The van der Waals surface area contributed by atoms with Gasteiger partial charge >= 0.3 is 0 Å². The Labute approximate surface area is 140 Å². The van der Waals surface area contributed by atoms with E-state index in [1.54, 1.807) is 11.8 Å². The lowest BCUT2D eigenvalue weighted by atomic mass is 10.1. The Balaban J connectivity index is 1.76. The van der Waals surface area contributed by atoms with Gasteiger partial charge in [0, 0.05) is 24.3 Å². The zero-order valence-electron chi connectivity index (χ0n) is 13.6. The Bertz CT molecular complexity index is 760. The molecular formula is C17H20N4OS. The molecule has 3 aromatic rings. The van der Waals surface area contributed by atoms with E-state index >= 15 is 0 Å². The van der Waals surface area contributed by atoms with Gasteiger partial charge in [0.25, 0.3) is 0 Å². The molecule has 0 spiro atoms. The monoisotopic (exact) mass is 328 g/mol. The molecule has 2 aromatic heterocycles. The maximum Gasteiger partial charge on any atom is 0.191 e. The van der Waals surface area contributed by atoms with Gasteiger partial charge in [0.2, 0.25) is 0 Å². The minimum absolute atomic E-state index is 0.796. The Hall–Kier alpha value is -2.08. The molecule has 120 valence electrons.